The number of aryl methyl sites for hydroxylation is 1. The van der Waals surface area contributed by atoms with Crippen molar-refractivity contribution in [1.29, 1.82) is 0 Å². The molecule has 0 bridgehead atoms. The number of hydrogen-bond acceptors (Lipinski definition) is 5. The molecule has 1 aliphatic heterocycles. The number of fused-ring (bicyclic) bond motifs is 1. The zero-order valence-electron chi connectivity index (χ0n) is 19.0. The topological polar surface area (TPSA) is 81.9 Å². The summed E-state index contributed by atoms with van der Waals surface area (Å²) in [6.45, 7) is 4.32. The Kier molecular flexibility index (Phi) is 6.02. The van der Waals surface area contributed by atoms with Crippen LogP contribution in [0.5, 0.6) is 5.75 Å². The lowest BCUT2D eigenvalue weighted by atomic mass is 10.1. The van der Waals surface area contributed by atoms with E-state index in [2.05, 4.69) is 20.4 Å². The smallest absolute Gasteiger partial charge is 0.224 e. The summed E-state index contributed by atoms with van der Waals surface area (Å²) in [4.78, 5) is 21.4. The summed E-state index contributed by atoms with van der Waals surface area (Å²) in [6.07, 6.45) is 4.10. The lowest BCUT2D eigenvalue weighted by Crippen LogP contribution is -2.35. The maximum atomic E-state index is 12.8. The molecule has 172 valence electrons. The molecule has 1 atom stereocenters. The maximum absolute atomic E-state index is 12.8. The van der Waals surface area contributed by atoms with Crippen molar-refractivity contribution in [3.8, 4) is 22.8 Å². The number of aromatic nitrogens is 4. The van der Waals surface area contributed by atoms with Gasteiger partial charge in [0, 0.05) is 40.7 Å². The Morgan fingerprint density at radius 3 is 2.68 bits per heavy atom. The summed E-state index contributed by atoms with van der Waals surface area (Å²) in [6, 6.07) is 15.4. The molecule has 7 nitrogen and oxygen atoms in total. The van der Waals surface area contributed by atoms with Crippen LogP contribution in [0.25, 0.3) is 17.1 Å². The molecule has 2 aromatic heterocycles. The number of nitrogens with zero attached hydrogens (tertiary/aromatic N) is 4. The van der Waals surface area contributed by atoms with Crippen molar-refractivity contribution in [2.45, 2.75) is 32.8 Å². The van der Waals surface area contributed by atoms with Crippen LogP contribution in [0.4, 0.5) is 0 Å². The number of carbonyl (C=O) groups excluding carboxylic acids is 1. The van der Waals surface area contributed by atoms with Gasteiger partial charge in [0.25, 0.3) is 0 Å². The van der Waals surface area contributed by atoms with E-state index < -0.39 is 0 Å². The van der Waals surface area contributed by atoms with Gasteiger partial charge in [-0.3, -0.25) is 4.79 Å². The predicted octanol–water partition coefficient (Wildman–Crippen LogP) is 4.26. The van der Waals surface area contributed by atoms with Crippen molar-refractivity contribution < 1.29 is 9.53 Å². The molecular formula is C26H24ClN5O2. The van der Waals surface area contributed by atoms with Gasteiger partial charge in [-0.2, -0.15) is 5.10 Å². The minimum atomic E-state index is -0.186. The molecule has 0 radical (unpaired) electrons. The van der Waals surface area contributed by atoms with Gasteiger partial charge in [0.2, 0.25) is 5.91 Å². The quantitative estimate of drug-likeness (QED) is 0.452. The summed E-state index contributed by atoms with van der Waals surface area (Å²) in [5.74, 6) is 1.22. The van der Waals surface area contributed by atoms with E-state index in [4.69, 9.17) is 16.3 Å². The van der Waals surface area contributed by atoms with Gasteiger partial charge in [0.15, 0.2) is 5.82 Å². The van der Waals surface area contributed by atoms with E-state index in [1.54, 1.807) is 18.5 Å². The van der Waals surface area contributed by atoms with Crippen LogP contribution in [-0.4, -0.2) is 38.3 Å². The van der Waals surface area contributed by atoms with Crippen LogP contribution >= 0.6 is 11.6 Å². The average molecular weight is 474 g/mol. The van der Waals surface area contributed by atoms with E-state index in [9.17, 15) is 4.79 Å². The minimum Gasteiger partial charge on any atom is -0.487 e. The number of carbonyl (C=O) groups is 1. The fourth-order valence-electron chi connectivity index (χ4n) is 4.31. The molecular weight excluding hydrogens is 450 g/mol. The number of hydrogen-bond donors (Lipinski definition) is 1. The van der Waals surface area contributed by atoms with Crippen LogP contribution in [-0.2, 0) is 17.6 Å². The van der Waals surface area contributed by atoms with E-state index in [-0.39, 0.29) is 18.4 Å². The largest absolute Gasteiger partial charge is 0.487 e. The summed E-state index contributed by atoms with van der Waals surface area (Å²) in [7, 11) is 0. The molecule has 34 heavy (non-hydrogen) atoms. The minimum absolute atomic E-state index is 0.0667. The van der Waals surface area contributed by atoms with Crippen LogP contribution in [0, 0.1) is 13.8 Å². The van der Waals surface area contributed by atoms with Crippen LogP contribution in [0.2, 0.25) is 5.02 Å². The third-order valence-corrected chi connectivity index (χ3v) is 6.19. The number of nitrogens with one attached hydrogen (secondary N) is 1. The number of amides is 1. The maximum Gasteiger partial charge on any atom is 0.224 e. The molecule has 0 saturated carbocycles. The number of benzene rings is 2. The fraction of sp³-hybridized carbons (Fsp3) is 0.231. The Morgan fingerprint density at radius 2 is 1.91 bits per heavy atom. The molecule has 4 aromatic rings. The molecule has 1 aliphatic rings. The Bertz CT molecular complexity index is 1340. The highest BCUT2D eigenvalue weighted by atomic mass is 35.5. The van der Waals surface area contributed by atoms with Crippen molar-refractivity contribution in [2.24, 2.45) is 0 Å². The normalized spacial score (nSPS) is 14.5. The summed E-state index contributed by atoms with van der Waals surface area (Å²) < 4.78 is 8.07. The van der Waals surface area contributed by atoms with Gasteiger partial charge >= 0.3 is 0 Å². The highest BCUT2D eigenvalue weighted by molar-refractivity contribution is 6.31. The first-order valence-corrected chi connectivity index (χ1v) is 11.5. The molecule has 0 aliphatic carbocycles. The molecule has 1 amide bonds. The molecule has 0 spiro atoms. The second-order valence-electron chi connectivity index (χ2n) is 8.34. The van der Waals surface area contributed by atoms with Crippen LogP contribution in [0.1, 0.15) is 22.5 Å². The van der Waals surface area contributed by atoms with E-state index in [1.807, 2.05) is 61.0 Å². The zero-order chi connectivity index (χ0) is 23.7. The van der Waals surface area contributed by atoms with Gasteiger partial charge in [-0.15, -0.1) is 0 Å². The van der Waals surface area contributed by atoms with Crippen molar-refractivity contribution in [3.05, 3.63) is 88.5 Å². The highest BCUT2D eigenvalue weighted by Gasteiger charge is 2.28. The van der Waals surface area contributed by atoms with Gasteiger partial charge in [-0.1, -0.05) is 29.8 Å². The molecule has 1 N–H and O–H groups in total. The summed E-state index contributed by atoms with van der Waals surface area (Å²) in [5, 5.41) is 8.26. The van der Waals surface area contributed by atoms with E-state index >= 15 is 0 Å². The molecule has 3 heterocycles. The molecule has 0 fully saturated rings. The molecule has 8 heteroatoms. The van der Waals surface area contributed by atoms with E-state index in [0.717, 1.165) is 39.5 Å². The van der Waals surface area contributed by atoms with Gasteiger partial charge in [0.1, 0.15) is 11.9 Å². The number of rotatable bonds is 6. The standard InChI is InChI=1S/C26H24ClN5O2/c1-16-22(17(2)32(31-16)20-7-4-3-5-8-20)14-24(33)30-15-21-12-18-11-19(27)13-23(25(18)34-21)26-28-9-6-10-29-26/h3-11,13,21H,12,14-15H2,1-2H3,(H,30,33)/t21-/m1/s1. The SMILES string of the molecule is Cc1nn(-c2ccccc2)c(C)c1CC(=O)NC[C@H]1Cc2cc(Cl)cc(-c3ncccn3)c2O1. The predicted molar refractivity (Wildman–Crippen MR) is 130 cm³/mol. The summed E-state index contributed by atoms with van der Waals surface area (Å²) >= 11 is 6.33. The first-order chi connectivity index (χ1) is 16.5. The lowest BCUT2D eigenvalue weighted by molar-refractivity contribution is -0.120. The van der Waals surface area contributed by atoms with Gasteiger partial charge in [0.05, 0.1) is 29.9 Å². The Labute approximate surface area is 202 Å². The third-order valence-electron chi connectivity index (χ3n) is 5.98. The van der Waals surface area contributed by atoms with Crippen LogP contribution in [0.15, 0.2) is 60.9 Å². The van der Waals surface area contributed by atoms with Crippen LogP contribution in [0.3, 0.4) is 0 Å². The molecule has 2 aromatic carbocycles. The molecule has 0 saturated heterocycles. The first-order valence-electron chi connectivity index (χ1n) is 11.1. The van der Waals surface area contributed by atoms with E-state index in [1.165, 1.54) is 0 Å². The lowest BCUT2D eigenvalue weighted by Gasteiger charge is -2.13. The van der Waals surface area contributed by atoms with Crippen molar-refractivity contribution in [3.63, 3.8) is 0 Å². The van der Waals surface area contributed by atoms with Crippen molar-refractivity contribution in [2.75, 3.05) is 6.54 Å². The third kappa shape index (κ3) is 4.39. The zero-order valence-corrected chi connectivity index (χ0v) is 19.7. The van der Waals surface area contributed by atoms with Gasteiger partial charge in [-0.05, 0) is 44.2 Å². The van der Waals surface area contributed by atoms with E-state index in [0.29, 0.717) is 23.8 Å². The fourth-order valence-corrected chi connectivity index (χ4v) is 4.56. The second-order valence-corrected chi connectivity index (χ2v) is 8.77. The molecule has 5 rings (SSSR count). The second kappa shape index (κ2) is 9.27. The summed E-state index contributed by atoms with van der Waals surface area (Å²) in [5.41, 5.74) is 5.48. The highest BCUT2D eigenvalue weighted by Crippen LogP contribution is 2.39. The Balaban J connectivity index is 1.25. The van der Waals surface area contributed by atoms with Crippen molar-refractivity contribution in [1.82, 2.24) is 25.1 Å². The van der Waals surface area contributed by atoms with Crippen molar-refractivity contribution >= 4 is 17.5 Å². The Morgan fingerprint density at radius 1 is 1.15 bits per heavy atom. The number of halogens is 1. The average Bonchev–Trinajstić information content (AvgIpc) is 3.39. The van der Waals surface area contributed by atoms with Gasteiger partial charge in [-0.25, -0.2) is 14.6 Å². The monoisotopic (exact) mass is 473 g/mol. The molecule has 0 unspecified atom stereocenters. The Hall–Kier alpha value is -3.71. The van der Waals surface area contributed by atoms with Gasteiger partial charge < -0.3 is 10.1 Å². The number of ether oxygens (including phenoxy) is 1. The number of para-hydroxylation sites is 1. The van der Waals surface area contributed by atoms with Crippen LogP contribution < -0.4 is 10.1 Å². The first kappa shape index (κ1) is 22.1.